The van der Waals surface area contributed by atoms with E-state index in [9.17, 15) is 5.11 Å². The molecule has 0 bridgehead atoms. The highest BCUT2D eigenvalue weighted by atomic mass is 16.5. The summed E-state index contributed by atoms with van der Waals surface area (Å²) in [5.41, 5.74) is 0.815. The fourth-order valence-electron chi connectivity index (χ4n) is 1.12. The lowest BCUT2D eigenvalue weighted by Crippen LogP contribution is -1.92. The molecule has 0 atom stereocenters. The lowest BCUT2D eigenvalue weighted by Gasteiger charge is -2.05. The zero-order valence-electron chi connectivity index (χ0n) is 8.21. The molecule has 4 nitrogen and oxygen atoms in total. The number of rotatable bonds is 2. The molecule has 1 aromatic heterocycles. The Bertz CT molecular complexity index is 472. The molecule has 2 aromatic rings. The van der Waals surface area contributed by atoms with Gasteiger partial charge in [0.15, 0.2) is 11.5 Å². The smallest absolute Gasteiger partial charge is 0.322 e. The number of para-hydroxylation sites is 2. The summed E-state index contributed by atoms with van der Waals surface area (Å²) in [5, 5.41) is 9.46. The van der Waals surface area contributed by atoms with Crippen LogP contribution in [-0.2, 0) is 0 Å². The van der Waals surface area contributed by atoms with Crippen molar-refractivity contribution in [2.24, 2.45) is 0 Å². The Labute approximate surface area is 87.2 Å². The van der Waals surface area contributed by atoms with Gasteiger partial charge in [0, 0.05) is 11.9 Å². The first kappa shape index (κ1) is 9.45. The molecule has 15 heavy (non-hydrogen) atoms. The third-order valence-corrected chi connectivity index (χ3v) is 1.84. The second-order valence-corrected chi connectivity index (χ2v) is 3.05. The molecular weight excluding hydrogens is 192 g/mol. The molecule has 0 aliphatic rings. The van der Waals surface area contributed by atoms with Crippen molar-refractivity contribution in [3.05, 3.63) is 42.2 Å². The average molecular weight is 202 g/mol. The normalized spacial score (nSPS) is 9.93. The minimum absolute atomic E-state index is 0.0719. The predicted octanol–water partition coefficient (Wildman–Crippen LogP) is 2.28. The molecule has 0 saturated carbocycles. The molecule has 0 aliphatic carbocycles. The summed E-state index contributed by atoms with van der Waals surface area (Å²) in [7, 11) is 0. The number of phenolic OH excluding ortho intramolecular Hbond substituents is 1. The van der Waals surface area contributed by atoms with Gasteiger partial charge in [-0.2, -0.15) is 0 Å². The van der Waals surface area contributed by atoms with E-state index in [0.29, 0.717) is 5.75 Å². The third kappa shape index (κ3) is 2.22. The minimum atomic E-state index is 0.0719. The molecule has 0 spiro atoms. The molecule has 0 fully saturated rings. The number of ether oxygens (including phenoxy) is 1. The van der Waals surface area contributed by atoms with Crippen LogP contribution in [0.25, 0.3) is 0 Å². The molecule has 0 aliphatic heterocycles. The first-order valence-electron chi connectivity index (χ1n) is 4.51. The molecule has 0 saturated heterocycles. The van der Waals surface area contributed by atoms with Crippen LogP contribution >= 0.6 is 0 Å². The molecule has 0 amide bonds. The van der Waals surface area contributed by atoms with Crippen molar-refractivity contribution in [1.29, 1.82) is 0 Å². The Morgan fingerprint density at radius 1 is 1.20 bits per heavy atom. The number of aromatic hydroxyl groups is 1. The van der Waals surface area contributed by atoms with Crippen LogP contribution in [0.5, 0.6) is 17.5 Å². The predicted molar refractivity (Wildman–Crippen MR) is 54.9 cm³/mol. The SMILES string of the molecule is Cc1ccnc(Oc2ccccc2O)n1. The number of aryl methyl sites for hydroxylation is 1. The van der Waals surface area contributed by atoms with Crippen molar-refractivity contribution >= 4 is 0 Å². The summed E-state index contributed by atoms with van der Waals surface area (Å²) >= 11 is 0. The molecule has 1 aromatic carbocycles. The zero-order chi connectivity index (χ0) is 10.7. The lowest BCUT2D eigenvalue weighted by atomic mass is 10.3. The van der Waals surface area contributed by atoms with E-state index in [4.69, 9.17) is 4.74 Å². The topological polar surface area (TPSA) is 55.2 Å². The fraction of sp³-hybridized carbons (Fsp3) is 0.0909. The highest BCUT2D eigenvalue weighted by Gasteiger charge is 2.04. The summed E-state index contributed by atoms with van der Waals surface area (Å²) in [6, 6.07) is 8.70. The van der Waals surface area contributed by atoms with Crippen molar-refractivity contribution < 1.29 is 9.84 Å². The van der Waals surface area contributed by atoms with Crippen LogP contribution in [-0.4, -0.2) is 15.1 Å². The van der Waals surface area contributed by atoms with E-state index in [1.54, 1.807) is 36.5 Å². The van der Waals surface area contributed by atoms with Gasteiger partial charge in [-0.15, -0.1) is 0 Å². The highest BCUT2D eigenvalue weighted by molar-refractivity contribution is 5.39. The molecular formula is C11H10N2O2. The monoisotopic (exact) mass is 202 g/mol. The molecule has 76 valence electrons. The molecule has 2 rings (SSSR count). The summed E-state index contributed by atoms with van der Waals surface area (Å²) in [6.45, 7) is 1.85. The second kappa shape index (κ2) is 3.96. The maximum absolute atomic E-state index is 9.46. The standard InChI is InChI=1S/C11H10N2O2/c1-8-6-7-12-11(13-8)15-10-5-3-2-4-9(10)14/h2-7,14H,1H3. The van der Waals surface area contributed by atoms with Gasteiger partial charge in [-0.05, 0) is 25.1 Å². The molecule has 4 heteroatoms. The Kier molecular flexibility index (Phi) is 2.49. The van der Waals surface area contributed by atoms with E-state index in [0.717, 1.165) is 5.69 Å². The maximum atomic E-state index is 9.46. The van der Waals surface area contributed by atoms with Crippen LogP contribution in [0.15, 0.2) is 36.5 Å². The van der Waals surface area contributed by atoms with Gasteiger partial charge in [0.25, 0.3) is 0 Å². The number of phenols is 1. The van der Waals surface area contributed by atoms with E-state index < -0.39 is 0 Å². The minimum Gasteiger partial charge on any atom is -0.504 e. The quantitative estimate of drug-likeness (QED) is 0.811. The Hall–Kier alpha value is -2.10. The summed E-state index contributed by atoms with van der Waals surface area (Å²) < 4.78 is 5.32. The van der Waals surface area contributed by atoms with E-state index in [2.05, 4.69) is 9.97 Å². The first-order chi connectivity index (χ1) is 7.25. The highest BCUT2D eigenvalue weighted by Crippen LogP contribution is 2.27. The number of hydrogen-bond acceptors (Lipinski definition) is 4. The van der Waals surface area contributed by atoms with Crippen molar-refractivity contribution in [3.63, 3.8) is 0 Å². The van der Waals surface area contributed by atoms with Crippen LogP contribution in [0.1, 0.15) is 5.69 Å². The summed E-state index contributed by atoms with van der Waals surface area (Å²) in [5.74, 6) is 0.422. The van der Waals surface area contributed by atoms with Crippen LogP contribution < -0.4 is 4.74 Å². The van der Waals surface area contributed by atoms with Crippen LogP contribution in [0, 0.1) is 6.92 Å². The van der Waals surface area contributed by atoms with Gasteiger partial charge in [0.05, 0.1) is 0 Å². The van der Waals surface area contributed by atoms with Gasteiger partial charge in [-0.25, -0.2) is 9.97 Å². The van der Waals surface area contributed by atoms with Crippen LogP contribution in [0.3, 0.4) is 0 Å². The van der Waals surface area contributed by atoms with Gasteiger partial charge in [-0.3, -0.25) is 0 Å². The van der Waals surface area contributed by atoms with Gasteiger partial charge >= 0.3 is 6.01 Å². The number of hydrogen-bond donors (Lipinski definition) is 1. The number of benzene rings is 1. The van der Waals surface area contributed by atoms with Gasteiger partial charge < -0.3 is 9.84 Å². The lowest BCUT2D eigenvalue weighted by molar-refractivity contribution is 0.391. The van der Waals surface area contributed by atoms with Crippen LogP contribution in [0.4, 0.5) is 0 Å². The third-order valence-electron chi connectivity index (χ3n) is 1.84. The summed E-state index contributed by atoms with van der Waals surface area (Å²) in [6.07, 6.45) is 1.61. The maximum Gasteiger partial charge on any atom is 0.322 e. The van der Waals surface area contributed by atoms with E-state index >= 15 is 0 Å². The van der Waals surface area contributed by atoms with Crippen molar-refractivity contribution in [3.8, 4) is 17.5 Å². The van der Waals surface area contributed by atoms with Gasteiger partial charge in [0.1, 0.15) is 0 Å². The van der Waals surface area contributed by atoms with Crippen molar-refractivity contribution in [2.45, 2.75) is 6.92 Å². The van der Waals surface area contributed by atoms with E-state index in [1.807, 2.05) is 6.92 Å². The Balaban J connectivity index is 2.26. The zero-order valence-corrected chi connectivity index (χ0v) is 8.21. The largest absolute Gasteiger partial charge is 0.504 e. The Morgan fingerprint density at radius 3 is 2.73 bits per heavy atom. The summed E-state index contributed by atoms with van der Waals surface area (Å²) in [4.78, 5) is 8.00. The van der Waals surface area contributed by atoms with E-state index in [-0.39, 0.29) is 11.8 Å². The number of aromatic nitrogens is 2. The van der Waals surface area contributed by atoms with Crippen molar-refractivity contribution in [1.82, 2.24) is 9.97 Å². The van der Waals surface area contributed by atoms with Gasteiger partial charge in [0.2, 0.25) is 0 Å². The van der Waals surface area contributed by atoms with Crippen molar-refractivity contribution in [2.75, 3.05) is 0 Å². The first-order valence-corrected chi connectivity index (χ1v) is 4.51. The number of nitrogens with zero attached hydrogens (tertiary/aromatic N) is 2. The molecule has 1 heterocycles. The second-order valence-electron chi connectivity index (χ2n) is 3.05. The van der Waals surface area contributed by atoms with Crippen LogP contribution in [0.2, 0.25) is 0 Å². The average Bonchev–Trinajstić information content (AvgIpc) is 2.22. The fourth-order valence-corrected chi connectivity index (χ4v) is 1.12. The Morgan fingerprint density at radius 2 is 2.00 bits per heavy atom. The molecule has 0 unspecified atom stereocenters. The molecule has 0 radical (unpaired) electrons. The van der Waals surface area contributed by atoms with Gasteiger partial charge in [-0.1, -0.05) is 12.1 Å². The molecule has 1 N–H and O–H groups in total. The van der Waals surface area contributed by atoms with E-state index in [1.165, 1.54) is 0 Å².